The van der Waals surface area contributed by atoms with Crippen molar-refractivity contribution in [3.63, 3.8) is 0 Å². The molecule has 0 aliphatic carbocycles. The number of alkyl halides is 3. The second-order valence-corrected chi connectivity index (χ2v) is 8.15. The average molecular weight is 471 g/mol. The third kappa shape index (κ3) is 4.09. The fraction of sp³-hybridized carbons (Fsp3) is 0.400. The third-order valence-corrected chi connectivity index (χ3v) is 6.02. The Bertz CT molecular complexity index is 1080. The summed E-state index contributed by atoms with van der Waals surface area (Å²) in [6.07, 6.45) is -1.23. The summed E-state index contributed by atoms with van der Waals surface area (Å²) in [5.41, 5.74) is 11.2. The number of morpholine rings is 1. The molecule has 170 valence electrons. The largest absolute Gasteiger partial charge is 0.417 e. The number of hydrogen-bond acceptors (Lipinski definition) is 4. The number of amides is 1. The van der Waals surface area contributed by atoms with Gasteiger partial charge in [-0.2, -0.15) is 18.6 Å². The number of benzene rings is 1. The summed E-state index contributed by atoms with van der Waals surface area (Å²) in [5, 5.41) is 7.93. The van der Waals surface area contributed by atoms with Gasteiger partial charge in [-0.3, -0.25) is 4.79 Å². The van der Waals surface area contributed by atoms with E-state index in [1.807, 2.05) is 10.8 Å². The highest BCUT2D eigenvalue weighted by Crippen LogP contribution is 2.37. The molecule has 0 unspecified atom stereocenters. The predicted octanol–water partition coefficient (Wildman–Crippen LogP) is 0.868. The third-order valence-electron chi connectivity index (χ3n) is 5.62. The van der Waals surface area contributed by atoms with Crippen LogP contribution in [0.15, 0.2) is 30.0 Å². The smallest absolute Gasteiger partial charge is 0.393 e. The van der Waals surface area contributed by atoms with Gasteiger partial charge >= 0.3 is 6.18 Å². The zero-order valence-electron chi connectivity index (χ0n) is 16.9. The Morgan fingerprint density at radius 2 is 2.00 bits per heavy atom. The van der Waals surface area contributed by atoms with Crippen LogP contribution in [0.5, 0.6) is 0 Å². The summed E-state index contributed by atoms with van der Waals surface area (Å²) in [6.45, 7) is 2.14. The molecule has 2 bridgehead atoms. The fourth-order valence-electron chi connectivity index (χ4n) is 3.80. The zero-order chi connectivity index (χ0) is 23.2. The standard InChI is InChI=1S/C20H20ClF3N6O2/c21-16-12(2-1-3-13(16)20(22,23)24)19(31)30-11-8-29(18(27)15(30)10-32-9-11)17(26)14(25)4-5-28-6-7-28/h1-5,11,15,25-27H,6-10H2/p+2/t11-,15-/m1/s1. The van der Waals surface area contributed by atoms with Crippen molar-refractivity contribution in [1.29, 1.82) is 5.41 Å². The molecule has 3 fully saturated rings. The number of allylic oxidation sites excluding steroid dienone is 1. The van der Waals surface area contributed by atoms with Gasteiger partial charge in [0, 0.05) is 6.08 Å². The Kier molecular flexibility index (Phi) is 5.72. The van der Waals surface area contributed by atoms with E-state index in [1.165, 1.54) is 15.5 Å². The predicted molar refractivity (Wildman–Crippen MR) is 111 cm³/mol. The number of rotatable bonds is 3. The maximum atomic E-state index is 13.3. The zero-order valence-corrected chi connectivity index (χ0v) is 17.7. The van der Waals surface area contributed by atoms with E-state index in [2.05, 4.69) is 0 Å². The first-order valence-electron chi connectivity index (χ1n) is 9.89. The van der Waals surface area contributed by atoms with Crippen LogP contribution in [0.1, 0.15) is 15.9 Å². The van der Waals surface area contributed by atoms with Gasteiger partial charge in [-0.15, -0.1) is 0 Å². The molecular weight excluding hydrogens is 449 g/mol. The number of amidine groups is 2. The minimum Gasteiger partial charge on any atom is -0.393 e. The van der Waals surface area contributed by atoms with Crippen LogP contribution < -0.4 is 11.5 Å². The van der Waals surface area contributed by atoms with Gasteiger partial charge in [-0.25, -0.2) is 9.15 Å². The van der Waals surface area contributed by atoms with Crippen LogP contribution in [0.3, 0.4) is 0 Å². The first-order chi connectivity index (χ1) is 15.1. The normalized spacial score (nSPS) is 25.0. The van der Waals surface area contributed by atoms with Crippen molar-refractivity contribution in [3.05, 3.63) is 46.1 Å². The molecule has 1 aromatic rings. The first kappa shape index (κ1) is 22.3. The lowest BCUT2D eigenvalue weighted by Crippen LogP contribution is -2.67. The van der Waals surface area contributed by atoms with Crippen molar-refractivity contribution in [1.82, 2.24) is 4.90 Å². The van der Waals surface area contributed by atoms with Crippen molar-refractivity contribution in [2.45, 2.75) is 18.3 Å². The van der Waals surface area contributed by atoms with Gasteiger partial charge in [0.1, 0.15) is 11.7 Å². The van der Waals surface area contributed by atoms with Crippen LogP contribution in [0.2, 0.25) is 5.02 Å². The molecular formula is C20H22ClF3N6O2+2. The number of carbonyl (C=O) groups is 1. The maximum Gasteiger partial charge on any atom is 0.417 e. The Balaban J connectivity index is 1.67. The molecule has 2 atom stereocenters. The molecule has 3 aliphatic rings. The summed E-state index contributed by atoms with van der Waals surface area (Å²) in [5.74, 6) is -0.548. The van der Waals surface area contributed by atoms with Crippen molar-refractivity contribution in [2.24, 2.45) is 11.5 Å². The van der Waals surface area contributed by atoms with Crippen LogP contribution in [-0.2, 0) is 10.9 Å². The quantitative estimate of drug-likeness (QED) is 0.346. The summed E-state index contributed by atoms with van der Waals surface area (Å²) in [4.78, 5) is 14.6. The van der Waals surface area contributed by atoms with Crippen molar-refractivity contribution >= 4 is 35.4 Å². The molecule has 0 spiro atoms. The average Bonchev–Trinajstić information content (AvgIpc) is 3.57. The lowest BCUT2D eigenvalue weighted by Gasteiger charge is -2.45. The molecule has 0 saturated carbocycles. The molecule has 12 heteroatoms. The lowest BCUT2D eigenvalue weighted by molar-refractivity contribution is -0.441. The molecule has 3 aliphatic heterocycles. The van der Waals surface area contributed by atoms with E-state index in [-0.39, 0.29) is 42.7 Å². The van der Waals surface area contributed by atoms with Gasteiger partial charge < -0.3 is 21.1 Å². The monoisotopic (exact) mass is 470 g/mol. The van der Waals surface area contributed by atoms with Gasteiger partial charge in [0.15, 0.2) is 6.21 Å². The molecule has 0 radical (unpaired) electrons. The van der Waals surface area contributed by atoms with Gasteiger partial charge in [0.05, 0.1) is 41.9 Å². The fourth-order valence-corrected chi connectivity index (χ4v) is 4.11. The number of piperazine rings is 1. The Morgan fingerprint density at radius 3 is 2.66 bits per heavy atom. The topological polar surface area (TPSA) is 111 Å². The molecule has 5 N–H and O–H groups in total. The summed E-state index contributed by atoms with van der Waals surface area (Å²) in [7, 11) is 0. The minimum atomic E-state index is -4.70. The van der Waals surface area contributed by atoms with Crippen LogP contribution >= 0.6 is 11.6 Å². The van der Waals surface area contributed by atoms with Crippen molar-refractivity contribution < 1.29 is 31.9 Å². The molecule has 1 aromatic carbocycles. The van der Waals surface area contributed by atoms with E-state index in [0.717, 1.165) is 25.2 Å². The lowest BCUT2D eigenvalue weighted by atomic mass is 10.0. The van der Waals surface area contributed by atoms with Gasteiger partial charge in [-0.05, 0) is 12.1 Å². The van der Waals surface area contributed by atoms with E-state index in [4.69, 9.17) is 33.2 Å². The molecule has 1 amide bonds. The van der Waals surface area contributed by atoms with Crippen LogP contribution in [0.4, 0.5) is 13.2 Å². The highest BCUT2D eigenvalue weighted by atomic mass is 35.5. The van der Waals surface area contributed by atoms with E-state index in [1.54, 1.807) is 6.08 Å². The summed E-state index contributed by atoms with van der Waals surface area (Å²) >= 11 is 5.97. The maximum absolute atomic E-state index is 13.3. The molecule has 3 saturated heterocycles. The molecule has 32 heavy (non-hydrogen) atoms. The Labute approximate surface area is 186 Å². The number of nitrogens with zero attached hydrogens (tertiary/aromatic N) is 3. The Morgan fingerprint density at radius 1 is 1.28 bits per heavy atom. The summed E-state index contributed by atoms with van der Waals surface area (Å²) < 4.78 is 48.8. The minimum absolute atomic E-state index is 0.00492. The number of hydrogen-bond donors (Lipinski definition) is 3. The highest BCUT2D eigenvalue weighted by Gasteiger charge is 2.47. The van der Waals surface area contributed by atoms with Gasteiger partial charge in [0.2, 0.25) is 18.9 Å². The van der Waals surface area contributed by atoms with Crippen molar-refractivity contribution in [2.75, 3.05) is 32.8 Å². The van der Waals surface area contributed by atoms with E-state index >= 15 is 0 Å². The number of fused-ring (bicyclic) bond motifs is 2. The molecule has 0 aromatic heterocycles. The second-order valence-electron chi connectivity index (χ2n) is 7.77. The number of nitrogens with two attached hydrogens (primary N) is 2. The molecule has 3 heterocycles. The SMILES string of the molecule is N=C1[C@H]2COC[C@@H](C[N+]1=C(N)C(N)=CC=[N+]1CC1)N2C(=O)c1cccc(C(F)(F)F)c1Cl. The van der Waals surface area contributed by atoms with E-state index < -0.39 is 34.8 Å². The van der Waals surface area contributed by atoms with E-state index in [0.29, 0.717) is 0 Å². The number of ether oxygens (including phenoxy) is 1. The van der Waals surface area contributed by atoms with Crippen molar-refractivity contribution in [3.8, 4) is 0 Å². The van der Waals surface area contributed by atoms with E-state index in [9.17, 15) is 18.0 Å². The van der Waals surface area contributed by atoms with Gasteiger partial charge in [-0.1, -0.05) is 17.7 Å². The highest BCUT2D eigenvalue weighted by molar-refractivity contribution is 6.34. The van der Waals surface area contributed by atoms with Gasteiger partial charge in [0.25, 0.3) is 11.7 Å². The summed E-state index contributed by atoms with van der Waals surface area (Å²) in [6, 6.07) is 1.81. The van der Waals surface area contributed by atoms with Crippen LogP contribution in [-0.4, -0.2) is 82.8 Å². The number of carbonyl (C=O) groups excluding carboxylic acids is 1. The molecule has 4 rings (SSSR count). The number of nitrogens with one attached hydrogen (secondary N) is 1. The Hall–Kier alpha value is -2.92. The van der Waals surface area contributed by atoms with Crippen LogP contribution in [0.25, 0.3) is 0 Å². The first-order valence-corrected chi connectivity index (χ1v) is 10.3. The van der Waals surface area contributed by atoms with Crippen LogP contribution in [0, 0.1) is 5.41 Å². The second kappa shape index (κ2) is 8.21. The molecule has 8 nitrogen and oxygen atoms in total. The number of halogens is 4.